The van der Waals surface area contributed by atoms with E-state index in [1.165, 1.54) is 11.3 Å². The van der Waals surface area contributed by atoms with E-state index in [0.717, 1.165) is 11.3 Å². The molecule has 0 saturated carbocycles. The first-order valence-electron chi connectivity index (χ1n) is 4.04. The van der Waals surface area contributed by atoms with Crippen LogP contribution in [0.4, 0.5) is 5.13 Å². The van der Waals surface area contributed by atoms with Gasteiger partial charge in [0.25, 0.3) is 0 Å². The Labute approximate surface area is 76.3 Å². The van der Waals surface area contributed by atoms with Crippen LogP contribution in [0.5, 0.6) is 0 Å². The summed E-state index contributed by atoms with van der Waals surface area (Å²) in [6, 6.07) is 0. The van der Waals surface area contributed by atoms with Gasteiger partial charge in [-0.3, -0.25) is 0 Å². The van der Waals surface area contributed by atoms with E-state index in [1.807, 2.05) is 6.92 Å². The highest BCUT2D eigenvalue weighted by molar-refractivity contribution is 7.15. The van der Waals surface area contributed by atoms with E-state index in [-0.39, 0.29) is 5.92 Å². The van der Waals surface area contributed by atoms with Gasteiger partial charge in [-0.25, -0.2) is 4.98 Å². The summed E-state index contributed by atoms with van der Waals surface area (Å²) in [6.07, 6.45) is 2.19. The van der Waals surface area contributed by atoms with Gasteiger partial charge in [-0.05, 0) is 5.92 Å². The number of hydrogen-bond donors (Lipinski definition) is 2. The summed E-state index contributed by atoms with van der Waals surface area (Å²) in [6.45, 7) is 4.07. The minimum absolute atomic E-state index is 0.268. The summed E-state index contributed by atoms with van der Waals surface area (Å²) in [7, 11) is 0. The van der Waals surface area contributed by atoms with Gasteiger partial charge in [-0.15, -0.1) is 0 Å². The Morgan fingerprint density at radius 3 is 2.83 bits per heavy atom. The minimum Gasteiger partial charge on any atom is -0.387 e. The normalized spacial score (nSPS) is 15.9. The van der Waals surface area contributed by atoms with Crippen LogP contribution in [0.3, 0.4) is 0 Å². The van der Waals surface area contributed by atoms with Gasteiger partial charge in [0.05, 0.1) is 11.0 Å². The summed E-state index contributed by atoms with van der Waals surface area (Å²) >= 11 is 1.36. The highest BCUT2D eigenvalue weighted by atomic mass is 32.1. The smallest absolute Gasteiger partial charge is 0.180 e. The molecule has 0 aliphatic heterocycles. The van der Waals surface area contributed by atoms with E-state index in [2.05, 4.69) is 11.9 Å². The van der Waals surface area contributed by atoms with Gasteiger partial charge in [-0.1, -0.05) is 31.6 Å². The number of nitrogens with zero attached hydrogens (tertiary/aromatic N) is 1. The Kier molecular flexibility index (Phi) is 3.05. The van der Waals surface area contributed by atoms with Crippen molar-refractivity contribution in [1.82, 2.24) is 4.98 Å². The second-order valence-electron chi connectivity index (χ2n) is 2.93. The summed E-state index contributed by atoms with van der Waals surface area (Å²) in [5.74, 6) is 0.268. The molecule has 0 aromatic carbocycles. The lowest BCUT2D eigenvalue weighted by molar-refractivity contribution is 0.119. The third-order valence-electron chi connectivity index (χ3n) is 2.02. The lowest BCUT2D eigenvalue weighted by Crippen LogP contribution is -2.05. The molecule has 3 N–H and O–H groups in total. The minimum atomic E-state index is -0.412. The molecule has 0 amide bonds. The van der Waals surface area contributed by atoms with Crippen LogP contribution < -0.4 is 5.73 Å². The highest BCUT2D eigenvalue weighted by Gasteiger charge is 2.16. The number of aliphatic hydroxyl groups is 1. The quantitative estimate of drug-likeness (QED) is 0.756. The molecule has 0 spiro atoms. The van der Waals surface area contributed by atoms with Crippen LogP contribution in [0.15, 0.2) is 6.20 Å². The summed E-state index contributed by atoms with van der Waals surface area (Å²) < 4.78 is 0. The van der Waals surface area contributed by atoms with Gasteiger partial charge >= 0.3 is 0 Å². The van der Waals surface area contributed by atoms with E-state index in [9.17, 15) is 5.11 Å². The average Bonchev–Trinajstić information content (AvgIpc) is 2.49. The molecule has 0 radical (unpaired) electrons. The zero-order valence-corrected chi connectivity index (χ0v) is 8.14. The molecule has 1 heterocycles. The van der Waals surface area contributed by atoms with Crippen LogP contribution in [-0.2, 0) is 0 Å². The van der Waals surface area contributed by atoms with E-state index < -0.39 is 6.10 Å². The zero-order valence-electron chi connectivity index (χ0n) is 7.32. The fraction of sp³-hybridized carbons (Fsp3) is 0.625. The van der Waals surface area contributed by atoms with Crippen LogP contribution >= 0.6 is 11.3 Å². The molecule has 0 aliphatic rings. The molecule has 1 aromatic heterocycles. The van der Waals surface area contributed by atoms with Crippen molar-refractivity contribution in [3.8, 4) is 0 Å². The topological polar surface area (TPSA) is 59.1 Å². The van der Waals surface area contributed by atoms with Crippen LogP contribution in [-0.4, -0.2) is 10.1 Å². The standard InChI is InChI=1S/C8H14N2OS/c1-3-5(2)7(11)6-4-10-8(9)12-6/h4-5,7,11H,3H2,1-2H3,(H2,9,10). The Balaban J connectivity index is 2.70. The van der Waals surface area contributed by atoms with Crippen molar-refractivity contribution >= 4 is 16.5 Å². The molecule has 3 nitrogen and oxygen atoms in total. The van der Waals surface area contributed by atoms with Crippen LogP contribution in [0, 0.1) is 5.92 Å². The molecule has 0 saturated heterocycles. The summed E-state index contributed by atoms with van der Waals surface area (Å²) in [5.41, 5.74) is 5.45. The van der Waals surface area contributed by atoms with E-state index in [0.29, 0.717) is 5.13 Å². The number of nitrogens with two attached hydrogens (primary N) is 1. The molecule has 2 unspecified atom stereocenters. The molecular formula is C8H14N2OS. The lowest BCUT2D eigenvalue weighted by Gasteiger charge is -2.14. The molecule has 1 aromatic rings. The highest BCUT2D eigenvalue weighted by Crippen LogP contribution is 2.29. The number of aliphatic hydroxyl groups excluding tert-OH is 1. The van der Waals surface area contributed by atoms with E-state index >= 15 is 0 Å². The van der Waals surface area contributed by atoms with Gasteiger partial charge in [0.2, 0.25) is 0 Å². The van der Waals surface area contributed by atoms with Crippen LogP contribution in [0.25, 0.3) is 0 Å². The fourth-order valence-corrected chi connectivity index (χ4v) is 1.75. The Hall–Kier alpha value is -0.610. The third kappa shape index (κ3) is 1.95. The molecule has 12 heavy (non-hydrogen) atoms. The van der Waals surface area contributed by atoms with Crippen molar-refractivity contribution in [1.29, 1.82) is 0 Å². The Morgan fingerprint density at radius 2 is 2.42 bits per heavy atom. The van der Waals surface area contributed by atoms with E-state index in [4.69, 9.17) is 5.73 Å². The largest absolute Gasteiger partial charge is 0.387 e. The Morgan fingerprint density at radius 1 is 1.75 bits per heavy atom. The Bertz CT molecular complexity index is 249. The van der Waals surface area contributed by atoms with Crippen LogP contribution in [0.2, 0.25) is 0 Å². The molecule has 68 valence electrons. The first kappa shape index (κ1) is 9.48. The maximum Gasteiger partial charge on any atom is 0.180 e. The number of thiazole rings is 1. The predicted molar refractivity (Wildman–Crippen MR) is 50.9 cm³/mol. The zero-order chi connectivity index (χ0) is 9.14. The first-order chi connectivity index (χ1) is 5.65. The monoisotopic (exact) mass is 186 g/mol. The maximum absolute atomic E-state index is 9.72. The molecular weight excluding hydrogens is 172 g/mol. The van der Waals surface area contributed by atoms with Gasteiger partial charge in [0, 0.05) is 6.20 Å². The summed E-state index contributed by atoms with van der Waals surface area (Å²) in [5, 5.41) is 10.2. The predicted octanol–water partition coefficient (Wildman–Crippen LogP) is 1.80. The average molecular weight is 186 g/mol. The van der Waals surface area contributed by atoms with Crippen molar-refractivity contribution in [3.63, 3.8) is 0 Å². The van der Waals surface area contributed by atoms with Crippen LogP contribution in [0.1, 0.15) is 31.2 Å². The number of aromatic nitrogens is 1. The van der Waals surface area contributed by atoms with Gasteiger partial charge in [0.1, 0.15) is 0 Å². The van der Waals surface area contributed by atoms with Gasteiger partial charge < -0.3 is 10.8 Å². The van der Waals surface area contributed by atoms with E-state index in [1.54, 1.807) is 6.20 Å². The van der Waals surface area contributed by atoms with Crippen molar-refractivity contribution < 1.29 is 5.11 Å². The van der Waals surface area contributed by atoms with Crippen molar-refractivity contribution in [2.75, 3.05) is 5.73 Å². The molecule has 0 fully saturated rings. The van der Waals surface area contributed by atoms with Gasteiger partial charge in [0.15, 0.2) is 5.13 Å². The van der Waals surface area contributed by atoms with Crippen molar-refractivity contribution in [2.24, 2.45) is 5.92 Å². The van der Waals surface area contributed by atoms with Gasteiger partial charge in [-0.2, -0.15) is 0 Å². The fourth-order valence-electron chi connectivity index (χ4n) is 0.941. The van der Waals surface area contributed by atoms with Crippen molar-refractivity contribution in [3.05, 3.63) is 11.1 Å². The maximum atomic E-state index is 9.72. The first-order valence-corrected chi connectivity index (χ1v) is 4.86. The number of nitrogen functional groups attached to an aromatic ring is 1. The number of anilines is 1. The molecule has 1 rings (SSSR count). The molecule has 2 atom stereocenters. The molecule has 0 bridgehead atoms. The second-order valence-corrected chi connectivity index (χ2v) is 4.03. The SMILES string of the molecule is CCC(C)C(O)c1cnc(N)s1. The number of hydrogen-bond acceptors (Lipinski definition) is 4. The third-order valence-corrected chi connectivity index (χ3v) is 2.91. The second kappa shape index (κ2) is 3.87. The molecule has 4 heteroatoms. The molecule has 0 aliphatic carbocycles. The number of rotatable bonds is 3. The van der Waals surface area contributed by atoms with Crippen molar-refractivity contribution in [2.45, 2.75) is 26.4 Å². The lowest BCUT2D eigenvalue weighted by atomic mass is 10.0. The summed E-state index contributed by atoms with van der Waals surface area (Å²) in [4.78, 5) is 4.75.